The Morgan fingerprint density at radius 1 is 0.714 bits per heavy atom. The van der Waals surface area contributed by atoms with Crippen LogP contribution in [0.15, 0.2) is 71.9 Å². The summed E-state index contributed by atoms with van der Waals surface area (Å²) in [4.78, 5) is 10.9. The smallest absolute Gasteiger partial charge is 0.334 e. The van der Waals surface area contributed by atoms with Crippen LogP contribution < -0.4 is 0 Å². The molecular formula is C24H36O4. The van der Waals surface area contributed by atoms with E-state index in [0.717, 1.165) is 6.42 Å². The normalized spacial score (nSPS) is 13.7. The van der Waals surface area contributed by atoms with E-state index >= 15 is 0 Å². The monoisotopic (exact) mass is 388 g/mol. The Balaban J connectivity index is 4.02. The standard InChI is InChI=1S/C24H36O4/c1-2-3-4-5-6-7-8-9-10-11-12-13-14-15-16-17-18-19-22(20-25)23(21-26)24(27)28/h10-19,25-26H,2-9,20-21H2,1H3,(H,27,28). The first-order valence-electron chi connectivity index (χ1n) is 10.2. The van der Waals surface area contributed by atoms with Gasteiger partial charge in [0, 0.05) is 0 Å². The van der Waals surface area contributed by atoms with Crippen molar-refractivity contribution >= 4 is 5.97 Å². The van der Waals surface area contributed by atoms with Crippen LogP contribution in [0.25, 0.3) is 0 Å². The van der Waals surface area contributed by atoms with Crippen molar-refractivity contribution in [1.29, 1.82) is 0 Å². The highest BCUT2D eigenvalue weighted by Crippen LogP contribution is 2.08. The Hall–Kier alpha value is -2.17. The Morgan fingerprint density at radius 3 is 1.79 bits per heavy atom. The Labute approximate surface area is 170 Å². The molecule has 0 amide bonds. The lowest BCUT2D eigenvalue weighted by molar-refractivity contribution is -0.133. The molecule has 0 bridgehead atoms. The summed E-state index contributed by atoms with van der Waals surface area (Å²) in [5.74, 6) is -1.23. The molecule has 0 heterocycles. The Kier molecular flexibility index (Phi) is 18.1. The van der Waals surface area contributed by atoms with Gasteiger partial charge in [0.1, 0.15) is 0 Å². The van der Waals surface area contributed by atoms with Gasteiger partial charge in [-0.1, -0.05) is 106 Å². The molecule has 4 heteroatoms. The molecule has 28 heavy (non-hydrogen) atoms. The van der Waals surface area contributed by atoms with E-state index in [2.05, 4.69) is 19.1 Å². The van der Waals surface area contributed by atoms with E-state index in [1.807, 2.05) is 24.3 Å². The zero-order chi connectivity index (χ0) is 20.9. The van der Waals surface area contributed by atoms with Crippen LogP contribution in [-0.4, -0.2) is 34.5 Å². The number of aliphatic carboxylic acids is 1. The molecule has 0 aliphatic heterocycles. The number of unbranched alkanes of at least 4 members (excludes halogenated alkanes) is 7. The van der Waals surface area contributed by atoms with E-state index in [1.165, 1.54) is 51.0 Å². The van der Waals surface area contributed by atoms with Gasteiger partial charge in [0.15, 0.2) is 0 Å². The predicted molar refractivity (Wildman–Crippen MR) is 117 cm³/mol. The summed E-state index contributed by atoms with van der Waals surface area (Å²) in [7, 11) is 0. The lowest BCUT2D eigenvalue weighted by Crippen LogP contribution is -2.09. The van der Waals surface area contributed by atoms with Gasteiger partial charge in [-0.3, -0.25) is 0 Å². The van der Waals surface area contributed by atoms with E-state index < -0.39 is 19.2 Å². The average molecular weight is 389 g/mol. The predicted octanol–water partition coefficient (Wildman–Crippen LogP) is 5.27. The maximum atomic E-state index is 10.9. The van der Waals surface area contributed by atoms with Crippen LogP contribution in [0.5, 0.6) is 0 Å². The number of carboxylic acids is 1. The average Bonchev–Trinajstić information content (AvgIpc) is 2.69. The molecule has 0 aliphatic rings. The van der Waals surface area contributed by atoms with Gasteiger partial charge >= 0.3 is 5.97 Å². The van der Waals surface area contributed by atoms with E-state index in [1.54, 1.807) is 18.2 Å². The summed E-state index contributed by atoms with van der Waals surface area (Å²) in [6.07, 6.45) is 29.0. The number of aliphatic hydroxyl groups is 2. The third-order valence-electron chi connectivity index (χ3n) is 4.16. The molecule has 0 saturated heterocycles. The molecule has 4 nitrogen and oxygen atoms in total. The second-order valence-corrected chi connectivity index (χ2v) is 6.48. The summed E-state index contributed by atoms with van der Waals surface area (Å²) in [5.41, 5.74) is -0.0106. The van der Waals surface area contributed by atoms with Gasteiger partial charge in [0.05, 0.1) is 18.8 Å². The Bertz CT molecular complexity index is 577. The molecule has 0 atom stereocenters. The van der Waals surface area contributed by atoms with Crippen molar-refractivity contribution < 1.29 is 20.1 Å². The van der Waals surface area contributed by atoms with Crippen LogP contribution in [0.1, 0.15) is 58.3 Å². The van der Waals surface area contributed by atoms with Crippen molar-refractivity contribution in [3.63, 3.8) is 0 Å². The largest absolute Gasteiger partial charge is 0.478 e. The number of carbonyl (C=O) groups is 1. The Morgan fingerprint density at radius 2 is 1.25 bits per heavy atom. The highest BCUT2D eigenvalue weighted by atomic mass is 16.4. The lowest BCUT2D eigenvalue weighted by atomic mass is 10.1. The molecule has 0 unspecified atom stereocenters. The minimum absolute atomic E-state index is 0.189. The van der Waals surface area contributed by atoms with Crippen molar-refractivity contribution in [2.24, 2.45) is 0 Å². The quantitative estimate of drug-likeness (QED) is 0.191. The summed E-state index contributed by atoms with van der Waals surface area (Å²) in [6, 6.07) is 0. The van der Waals surface area contributed by atoms with Crippen LogP contribution in [0, 0.1) is 0 Å². The first-order chi connectivity index (χ1) is 13.7. The maximum Gasteiger partial charge on any atom is 0.334 e. The molecule has 0 aromatic carbocycles. The van der Waals surface area contributed by atoms with Crippen LogP contribution in [0.2, 0.25) is 0 Å². The van der Waals surface area contributed by atoms with Gasteiger partial charge in [-0.15, -0.1) is 0 Å². The van der Waals surface area contributed by atoms with Gasteiger partial charge in [0.25, 0.3) is 0 Å². The summed E-state index contributed by atoms with van der Waals surface area (Å²) in [6.45, 7) is 1.19. The molecule has 0 radical (unpaired) electrons. The molecular weight excluding hydrogens is 352 g/mol. The molecule has 0 saturated carbocycles. The van der Waals surface area contributed by atoms with Gasteiger partial charge in [0.2, 0.25) is 0 Å². The van der Waals surface area contributed by atoms with Crippen molar-refractivity contribution in [1.82, 2.24) is 0 Å². The third-order valence-corrected chi connectivity index (χ3v) is 4.16. The van der Waals surface area contributed by atoms with E-state index in [9.17, 15) is 9.90 Å². The fourth-order valence-electron chi connectivity index (χ4n) is 2.51. The van der Waals surface area contributed by atoms with Gasteiger partial charge in [-0.05, 0) is 18.4 Å². The highest BCUT2D eigenvalue weighted by molar-refractivity contribution is 5.88. The number of allylic oxidation sites excluding steroid dienone is 9. The fraction of sp³-hybridized carbons (Fsp3) is 0.458. The lowest BCUT2D eigenvalue weighted by Gasteiger charge is -2.02. The molecule has 0 aromatic rings. The van der Waals surface area contributed by atoms with E-state index in [4.69, 9.17) is 10.2 Å². The first kappa shape index (κ1) is 25.8. The molecule has 3 N–H and O–H groups in total. The van der Waals surface area contributed by atoms with E-state index in [-0.39, 0.29) is 11.1 Å². The van der Waals surface area contributed by atoms with Gasteiger partial charge < -0.3 is 15.3 Å². The number of carboxylic acid groups (broad SMARTS) is 1. The van der Waals surface area contributed by atoms with E-state index in [0.29, 0.717) is 0 Å². The SMILES string of the molecule is CCCCCCCCCC=CC=CC=CC=CC=CC(CO)=C(CO)C(=O)O. The van der Waals surface area contributed by atoms with Crippen LogP contribution in [-0.2, 0) is 4.79 Å². The zero-order valence-electron chi connectivity index (χ0n) is 17.1. The van der Waals surface area contributed by atoms with Crippen LogP contribution in [0.4, 0.5) is 0 Å². The second-order valence-electron chi connectivity index (χ2n) is 6.48. The highest BCUT2D eigenvalue weighted by Gasteiger charge is 2.10. The van der Waals surface area contributed by atoms with Crippen LogP contribution in [0.3, 0.4) is 0 Å². The molecule has 0 fully saturated rings. The van der Waals surface area contributed by atoms with Gasteiger partial charge in [-0.2, -0.15) is 0 Å². The molecule has 0 rings (SSSR count). The number of hydrogen-bond donors (Lipinski definition) is 3. The van der Waals surface area contributed by atoms with Crippen molar-refractivity contribution in [3.8, 4) is 0 Å². The summed E-state index contributed by atoms with van der Waals surface area (Å²) in [5, 5.41) is 27.1. The van der Waals surface area contributed by atoms with Crippen molar-refractivity contribution in [2.75, 3.05) is 13.2 Å². The molecule has 0 spiro atoms. The fourth-order valence-corrected chi connectivity index (χ4v) is 2.51. The zero-order valence-corrected chi connectivity index (χ0v) is 17.1. The minimum atomic E-state index is -1.23. The number of aliphatic hydroxyl groups excluding tert-OH is 2. The minimum Gasteiger partial charge on any atom is -0.478 e. The molecule has 0 aromatic heterocycles. The summed E-state index contributed by atoms with van der Waals surface area (Å²) >= 11 is 0. The molecule has 156 valence electrons. The van der Waals surface area contributed by atoms with Crippen molar-refractivity contribution in [3.05, 3.63) is 71.9 Å². The molecule has 0 aliphatic carbocycles. The number of rotatable bonds is 16. The van der Waals surface area contributed by atoms with Crippen molar-refractivity contribution in [2.45, 2.75) is 58.3 Å². The topological polar surface area (TPSA) is 77.8 Å². The maximum absolute atomic E-state index is 10.9. The summed E-state index contributed by atoms with van der Waals surface area (Å²) < 4.78 is 0. The first-order valence-corrected chi connectivity index (χ1v) is 10.2. The van der Waals surface area contributed by atoms with Gasteiger partial charge in [-0.25, -0.2) is 4.79 Å². The number of hydrogen-bond acceptors (Lipinski definition) is 3. The second kappa shape index (κ2) is 19.6. The van der Waals surface area contributed by atoms with Crippen LogP contribution >= 0.6 is 0 Å². The third kappa shape index (κ3) is 14.9.